The molecule has 0 aliphatic heterocycles. The number of carbonyl (C=O) groups is 1. The van der Waals surface area contributed by atoms with Gasteiger partial charge in [0.1, 0.15) is 11.6 Å². The minimum absolute atomic E-state index is 0.0400. The number of para-hydroxylation sites is 1. The van der Waals surface area contributed by atoms with Crippen LogP contribution in [0.3, 0.4) is 0 Å². The van der Waals surface area contributed by atoms with Crippen molar-refractivity contribution < 1.29 is 13.9 Å². The maximum absolute atomic E-state index is 12.9. The molecule has 0 fully saturated rings. The molecule has 0 aromatic heterocycles. The first kappa shape index (κ1) is 13.4. The molecule has 2 aromatic carbocycles. The first-order valence-electron chi connectivity index (χ1n) is 5.58. The lowest BCUT2D eigenvalue weighted by Crippen LogP contribution is -2.20. The Morgan fingerprint density at radius 1 is 1.21 bits per heavy atom. The molecule has 2 rings (SSSR count). The van der Waals surface area contributed by atoms with E-state index in [1.165, 1.54) is 18.2 Å². The van der Waals surface area contributed by atoms with Gasteiger partial charge in [-0.2, -0.15) is 0 Å². The van der Waals surface area contributed by atoms with Gasteiger partial charge in [0.25, 0.3) is 5.91 Å². The topological polar surface area (TPSA) is 38.3 Å². The molecular formula is C14H11ClFNO2. The fourth-order valence-electron chi connectivity index (χ4n) is 1.44. The second kappa shape index (κ2) is 6.20. The number of benzene rings is 2. The SMILES string of the molecule is O=C(COc1ccccc1)Nc1ccc(F)c(Cl)c1. The van der Waals surface area contributed by atoms with Gasteiger partial charge in [0.2, 0.25) is 0 Å². The largest absolute Gasteiger partial charge is 0.484 e. The molecule has 0 spiro atoms. The molecule has 2 aromatic rings. The van der Waals surface area contributed by atoms with Crippen LogP contribution in [-0.4, -0.2) is 12.5 Å². The van der Waals surface area contributed by atoms with Gasteiger partial charge in [-0.3, -0.25) is 4.79 Å². The van der Waals surface area contributed by atoms with Crippen LogP contribution >= 0.6 is 11.6 Å². The molecule has 0 saturated carbocycles. The van der Waals surface area contributed by atoms with Gasteiger partial charge >= 0.3 is 0 Å². The van der Waals surface area contributed by atoms with E-state index in [1.54, 1.807) is 12.1 Å². The summed E-state index contributed by atoms with van der Waals surface area (Å²) in [5.41, 5.74) is 0.424. The minimum atomic E-state index is -0.528. The molecule has 0 heterocycles. The van der Waals surface area contributed by atoms with E-state index >= 15 is 0 Å². The van der Waals surface area contributed by atoms with Crippen molar-refractivity contribution in [1.29, 1.82) is 0 Å². The number of rotatable bonds is 4. The van der Waals surface area contributed by atoms with Crippen LogP contribution in [-0.2, 0) is 4.79 Å². The van der Waals surface area contributed by atoms with Crippen LogP contribution < -0.4 is 10.1 Å². The van der Waals surface area contributed by atoms with E-state index in [9.17, 15) is 9.18 Å². The summed E-state index contributed by atoms with van der Waals surface area (Å²) < 4.78 is 18.2. The van der Waals surface area contributed by atoms with E-state index in [0.717, 1.165) is 0 Å². The molecule has 0 atom stereocenters. The van der Waals surface area contributed by atoms with Gasteiger partial charge in [-0.15, -0.1) is 0 Å². The van der Waals surface area contributed by atoms with Crippen molar-refractivity contribution >= 4 is 23.2 Å². The number of ether oxygens (including phenoxy) is 1. The maximum atomic E-state index is 12.9. The lowest BCUT2D eigenvalue weighted by molar-refractivity contribution is -0.118. The van der Waals surface area contributed by atoms with Crippen molar-refractivity contribution in [3.63, 3.8) is 0 Å². The van der Waals surface area contributed by atoms with Crippen molar-refractivity contribution in [3.05, 3.63) is 59.4 Å². The highest BCUT2D eigenvalue weighted by Crippen LogP contribution is 2.19. The summed E-state index contributed by atoms with van der Waals surface area (Å²) >= 11 is 5.61. The molecule has 0 saturated heterocycles. The van der Waals surface area contributed by atoms with Gasteiger partial charge in [-0.1, -0.05) is 29.8 Å². The van der Waals surface area contributed by atoms with E-state index in [-0.39, 0.29) is 17.5 Å². The lowest BCUT2D eigenvalue weighted by atomic mass is 10.3. The summed E-state index contributed by atoms with van der Waals surface area (Å²) in [7, 11) is 0. The molecule has 3 nitrogen and oxygen atoms in total. The van der Waals surface area contributed by atoms with Crippen LogP contribution in [0.25, 0.3) is 0 Å². The second-order valence-electron chi connectivity index (χ2n) is 3.78. The summed E-state index contributed by atoms with van der Waals surface area (Å²) in [5, 5.41) is 2.53. The summed E-state index contributed by atoms with van der Waals surface area (Å²) in [6, 6.07) is 13.0. The predicted octanol–water partition coefficient (Wildman–Crippen LogP) is 3.50. The molecule has 0 bridgehead atoms. The smallest absolute Gasteiger partial charge is 0.262 e. The van der Waals surface area contributed by atoms with E-state index in [1.807, 2.05) is 18.2 Å². The Balaban J connectivity index is 1.89. The van der Waals surface area contributed by atoms with Crippen molar-refractivity contribution in [1.82, 2.24) is 0 Å². The Hall–Kier alpha value is -2.07. The highest BCUT2D eigenvalue weighted by Gasteiger charge is 2.06. The summed E-state index contributed by atoms with van der Waals surface area (Å²) in [4.78, 5) is 11.6. The van der Waals surface area contributed by atoms with Crippen LogP contribution in [0, 0.1) is 5.82 Å². The van der Waals surface area contributed by atoms with Gasteiger partial charge in [0.15, 0.2) is 6.61 Å². The molecule has 1 N–H and O–H groups in total. The predicted molar refractivity (Wildman–Crippen MR) is 72.0 cm³/mol. The first-order chi connectivity index (χ1) is 9.15. The number of amides is 1. The Morgan fingerprint density at radius 3 is 2.63 bits per heavy atom. The van der Waals surface area contributed by atoms with E-state index in [2.05, 4.69) is 5.32 Å². The van der Waals surface area contributed by atoms with Gasteiger partial charge in [-0.05, 0) is 30.3 Å². The van der Waals surface area contributed by atoms with Crippen LogP contribution in [0.2, 0.25) is 5.02 Å². The molecule has 0 radical (unpaired) electrons. The van der Waals surface area contributed by atoms with Crippen molar-refractivity contribution in [2.75, 3.05) is 11.9 Å². The zero-order valence-electron chi connectivity index (χ0n) is 9.90. The van der Waals surface area contributed by atoms with E-state index in [4.69, 9.17) is 16.3 Å². The maximum Gasteiger partial charge on any atom is 0.262 e. The van der Waals surface area contributed by atoms with Crippen LogP contribution in [0.15, 0.2) is 48.5 Å². The third-order valence-electron chi connectivity index (χ3n) is 2.32. The summed E-state index contributed by atoms with van der Waals surface area (Å²) in [5.74, 6) is -0.262. The highest BCUT2D eigenvalue weighted by atomic mass is 35.5. The number of hydrogen-bond acceptors (Lipinski definition) is 2. The molecule has 98 valence electrons. The van der Waals surface area contributed by atoms with Crippen LogP contribution in [0.5, 0.6) is 5.75 Å². The van der Waals surface area contributed by atoms with Gasteiger partial charge in [0, 0.05) is 5.69 Å². The van der Waals surface area contributed by atoms with Gasteiger partial charge in [-0.25, -0.2) is 4.39 Å². The molecule has 5 heteroatoms. The summed E-state index contributed by atoms with van der Waals surface area (Å²) in [6.45, 7) is -0.126. The minimum Gasteiger partial charge on any atom is -0.484 e. The molecule has 0 aliphatic rings. The fraction of sp³-hybridized carbons (Fsp3) is 0.0714. The third-order valence-corrected chi connectivity index (χ3v) is 2.61. The van der Waals surface area contributed by atoms with Crippen molar-refractivity contribution in [2.24, 2.45) is 0 Å². The first-order valence-corrected chi connectivity index (χ1v) is 5.96. The molecule has 0 unspecified atom stereocenters. The Bertz CT molecular complexity index is 575. The zero-order chi connectivity index (χ0) is 13.7. The normalized spacial score (nSPS) is 10.0. The average Bonchev–Trinajstić information content (AvgIpc) is 2.42. The van der Waals surface area contributed by atoms with E-state index < -0.39 is 5.82 Å². The molecule has 1 amide bonds. The molecule has 19 heavy (non-hydrogen) atoms. The monoisotopic (exact) mass is 279 g/mol. The number of anilines is 1. The second-order valence-corrected chi connectivity index (χ2v) is 4.19. The number of hydrogen-bond donors (Lipinski definition) is 1. The summed E-state index contributed by atoms with van der Waals surface area (Å²) in [6.07, 6.45) is 0. The zero-order valence-corrected chi connectivity index (χ0v) is 10.7. The third kappa shape index (κ3) is 3.96. The number of carbonyl (C=O) groups excluding carboxylic acids is 1. The molecule has 0 aliphatic carbocycles. The number of halogens is 2. The van der Waals surface area contributed by atoms with Crippen LogP contribution in [0.4, 0.5) is 10.1 Å². The van der Waals surface area contributed by atoms with Gasteiger partial charge < -0.3 is 10.1 Å². The average molecular weight is 280 g/mol. The Morgan fingerprint density at radius 2 is 1.95 bits per heavy atom. The quantitative estimate of drug-likeness (QED) is 0.930. The lowest BCUT2D eigenvalue weighted by Gasteiger charge is -2.07. The highest BCUT2D eigenvalue weighted by molar-refractivity contribution is 6.31. The van der Waals surface area contributed by atoms with Crippen LogP contribution in [0.1, 0.15) is 0 Å². The van der Waals surface area contributed by atoms with E-state index in [0.29, 0.717) is 11.4 Å². The number of nitrogens with one attached hydrogen (secondary N) is 1. The Labute approximate surface area is 115 Å². The van der Waals surface area contributed by atoms with Crippen molar-refractivity contribution in [3.8, 4) is 5.75 Å². The Kier molecular flexibility index (Phi) is 4.36. The van der Waals surface area contributed by atoms with Crippen molar-refractivity contribution in [2.45, 2.75) is 0 Å². The standard InChI is InChI=1S/C14H11ClFNO2/c15-12-8-10(6-7-13(12)16)17-14(18)9-19-11-4-2-1-3-5-11/h1-8H,9H2,(H,17,18). The van der Waals surface area contributed by atoms with Gasteiger partial charge in [0.05, 0.1) is 5.02 Å². The molecular weight excluding hydrogens is 269 g/mol. The fourth-order valence-corrected chi connectivity index (χ4v) is 1.62.